The lowest BCUT2D eigenvalue weighted by molar-refractivity contribution is -0.143. The van der Waals surface area contributed by atoms with Crippen molar-refractivity contribution in [2.75, 3.05) is 0 Å². The van der Waals surface area contributed by atoms with Crippen LogP contribution in [0.15, 0.2) is 12.2 Å². The van der Waals surface area contributed by atoms with E-state index in [1.165, 1.54) is 0 Å². The molecule has 16 heavy (non-hydrogen) atoms. The number of hydrogen-bond donors (Lipinski definition) is 2. The van der Waals surface area contributed by atoms with Crippen LogP contribution in [-0.2, 0) is 9.59 Å². The fraction of sp³-hybridized carbons (Fsp3) is 0.636. The van der Waals surface area contributed by atoms with Crippen molar-refractivity contribution >= 4 is 22.2 Å². The van der Waals surface area contributed by atoms with Gasteiger partial charge in [0.2, 0.25) is 0 Å². The van der Waals surface area contributed by atoms with E-state index >= 15 is 0 Å². The van der Waals surface area contributed by atoms with Gasteiger partial charge >= 0.3 is 11.9 Å². The van der Waals surface area contributed by atoms with E-state index in [9.17, 15) is 9.59 Å². The van der Waals surface area contributed by atoms with E-state index in [0.717, 1.165) is 25.7 Å². The van der Waals surface area contributed by atoms with Gasteiger partial charge in [0.05, 0.1) is 5.04 Å². The average Bonchev–Trinajstić information content (AvgIpc) is 2.22. The largest absolute Gasteiger partial charge is 0.481 e. The molecule has 0 aromatic rings. The number of aliphatic carboxylic acids is 2. The van der Waals surface area contributed by atoms with Gasteiger partial charge in [-0.2, -0.15) is 0 Å². The molecule has 0 rings (SSSR count). The van der Waals surface area contributed by atoms with E-state index in [1.807, 2.05) is 0 Å². The minimum atomic E-state index is -1.21. The summed E-state index contributed by atoms with van der Waals surface area (Å²) in [4.78, 5) is 21.9. The van der Waals surface area contributed by atoms with Gasteiger partial charge in [-0.15, -0.1) is 0 Å². The fourth-order valence-corrected chi connectivity index (χ4v) is 2.10. The molecule has 0 fully saturated rings. The summed E-state index contributed by atoms with van der Waals surface area (Å²) in [6, 6.07) is 0. The molecule has 0 amide bonds. The molecule has 4 nitrogen and oxygen atoms in total. The minimum absolute atomic E-state index is 0.178. The molecule has 0 saturated carbocycles. The Morgan fingerprint density at radius 2 is 1.81 bits per heavy atom. The summed E-state index contributed by atoms with van der Waals surface area (Å²) in [5.74, 6) is -2.25. The topological polar surface area (TPSA) is 74.6 Å². The van der Waals surface area contributed by atoms with E-state index < -0.39 is 17.0 Å². The maximum atomic E-state index is 11.1. The van der Waals surface area contributed by atoms with Crippen molar-refractivity contribution in [3.8, 4) is 0 Å². The quantitative estimate of drug-likeness (QED) is 0.382. The van der Waals surface area contributed by atoms with Gasteiger partial charge < -0.3 is 10.2 Å². The summed E-state index contributed by atoms with van der Waals surface area (Å²) in [6.07, 6.45) is 4.20. The standard InChI is InChI=1S/C11H20O4Si/c1-3-4-5-6-7-11(16,10(14)15)8(2)9(12)13/h2-7H2,1,16H3,(H,12,13)(H,14,15). The van der Waals surface area contributed by atoms with Gasteiger partial charge in [0.15, 0.2) is 0 Å². The predicted octanol–water partition coefficient (Wildman–Crippen LogP) is 1.21. The van der Waals surface area contributed by atoms with Crippen molar-refractivity contribution in [3.05, 3.63) is 12.2 Å². The molecule has 0 saturated heterocycles. The summed E-state index contributed by atoms with van der Waals surface area (Å²) < 4.78 is 0. The molecule has 0 spiro atoms. The van der Waals surface area contributed by atoms with Crippen LogP contribution in [0.3, 0.4) is 0 Å². The van der Waals surface area contributed by atoms with Gasteiger partial charge in [-0.1, -0.05) is 39.2 Å². The second kappa shape index (κ2) is 6.47. The van der Waals surface area contributed by atoms with Crippen LogP contribution in [0.2, 0.25) is 5.04 Å². The van der Waals surface area contributed by atoms with E-state index in [-0.39, 0.29) is 15.8 Å². The van der Waals surface area contributed by atoms with E-state index in [2.05, 4.69) is 13.5 Å². The van der Waals surface area contributed by atoms with Crippen LogP contribution in [0.25, 0.3) is 0 Å². The van der Waals surface area contributed by atoms with Gasteiger partial charge in [0.1, 0.15) is 0 Å². The Labute approximate surface area is 98.8 Å². The molecule has 0 aromatic heterocycles. The van der Waals surface area contributed by atoms with E-state index in [4.69, 9.17) is 10.2 Å². The van der Waals surface area contributed by atoms with Crippen molar-refractivity contribution < 1.29 is 19.8 Å². The third-order valence-corrected chi connectivity index (χ3v) is 4.46. The second-order valence-electron chi connectivity index (χ2n) is 4.23. The maximum Gasteiger partial charge on any atom is 0.331 e. The van der Waals surface area contributed by atoms with Gasteiger partial charge in [0, 0.05) is 15.8 Å². The highest BCUT2D eigenvalue weighted by Crippen LogP contribution is 2.37. The SMILES string of the molecule is C=C(C(=O)O)C([SiH3])(CCCCCC)C(=O)O. The fourth-order valence-electron chi connectivity index (χ4n) is 1.53. The molecule has 1 unspecified atom stereocenters. The van der Waals surface area contributed by atoms with Crippen molar-refractivity contribution in [2.24, 2.45) is 0 Å². The molecule has 0 aliphatic rings. The Balaban J connectivity index is 4.53. The molecule has 1 atom stereocenters. The molecule has 92 valence electrons. The molecular weight excluding hydrogens is 224 g/mol. The third-order valence-electron chi connectivity index (χ3n) is 2.93. The zero-order valence-electron chi connectivity index (χ0n) is 9.95. The first kappa shape index (κ1) is 14.9. The first-order chi connectivity index (χ1) is 7.36. The lowest BCUT2D eigenvalue weighted by Gasteiger charge is -2.24. The Morgan fingerprint density at radius 3 is 2.19 bits per heavy atom. The highest BCUT2D eigenvalue weighted by molar-refractivity contribution is 6.32. The molecule has 0 aromatic carbocycles. The summed E-state index contributed by atoms with van der Waals surface area (Å²) in [7, 11) is 0.273. The Kier molecular flexibility index (Phi) is 6.03. The Morgan fingerprint density at radius 1 is 1.25 bits per heavy atom. The molecule has 5 heteroatoms. The van der Waals surface area contributed by atoms with Crippen molar-refractivity contribution in [3.63, 3.8) is 0 Å². The zero-order valence-corrected chi connectivity index (χ0v) is 12.0. The number of unbranched alkanes of at least 4 members (excludes halogenated alkanes) is 3. The van der Waals surface area contributed by atoms with Crippen molar-refractivity contribution in [1.29, 1.82) is 0 Å². The Bertz CT molecular complexity index is 288. The molecule has 0 heterocycles. The second-order valence-corrected chi connectivity index (χ2v) is 5.94. The van der Waals surface area contributed by atoms with E-state index in [0.29, 0.717) is 6.42 Å². The van der Waals surface area contributed by atoms with Gasteiger partial charge in [-0.05, 0) is 6.42 Å². The van der Waals surface area contributed by atoms with Crippen molar-refractivity contribution in [1.82, 2.24) is 0 Å². The highest BCUT2D eigenvalue weighted by Gasteiger charge is 2.38. The average molecular weight is 244 g/mol. The summed E-state index contributed by atoms with van der Waals surface area (Å²) in [5.41, 5.74) is -0.178. The van der Waals surface area contributed by atoms with Crippen LogP contribution >= 0.6 is 0 Å². The molecule has 0 bridgehead atoms. The molecule has 2 N–H and O–H groups in total. The third kappa shape index (κ3) is 3.81. The van der Waals surface area contributed by atoms with Crippen LogP contribution < -0.4 is 0 Å². The monoisotopic (exact) mass is 244 g/mol. The number of carboxylic acids is 2. The lowest BCUT2D eigenvalue weighted by atomic mass is 9.92. The first-order valence-corrected chi connectivity index (χ1v) is 6.52. The van der Waals surface area contributed by atoms with Crippen LogP contribution in [0, 0.1) is 0 Å². The molecule has 0 aliphatic heterocycles. The molecule has 0 aliphatic carbocycles. The smallest absolute Gasteiger partial charge is 0.331 e. The molecule has 0 radical (unpaired) electrons. The number of carboxylic acid groups (broad SMARTS) is 2. The zero-order chi connectivity index (χ0) is 12.8. The van der Waals surface area contributed by atoms with Crippen LogP contribution in [0.5, 0.6) is 0 Å². The van der Waals surface area contributed by atoms with Crippen LogP contribution in [-0.4, -0.2) is 32.4 Å². The first-order valence-electron chi connectivity index (χ1n) is 5.52. The summed E-state index contributed by atoms with van der Waals surface area (Å²) in [6.45, 7) is 5.47. The normalized spacial score (nSPS) is 14.3. The van der Waals surface area contributed by atoms with Gasteiger partial charge in [0.25, 0.3) is 0 Å². The van der Waals surface area contributed by atoms with Crippen LogP contribution in [0.4, 0.5) is 0 Å². The number of rotatable bonds is 8. The van der Waals surface area contributed by atoms with Gasteiger partial charge in [-0.25, -0.2) is 4.79 Å². The summed E-state index contributed by atoms with van der Waals surface area (Å²) >= 11 is 0. The minimum Gasteiger partial charge on any atom is -0.481 e. The highest BCUT2D eigenvalue weighted by atomic mass is 28.1. The van der Waals surface area contributed by atoms with Crippen molar-refractivity contribution in [2.45, 2.75) is 44.1 Å². The predicted molar refractivity (Wildman–Crippen MR) is 65.8 cm³/mol. The van der Waals surface area contributed by atoms with Crippen LogP contribution in [0.1, 0.15) is 39.0 Å². The Hall–Kier alpha value is -1.10. The number of hydrogen-bond acceptors (Lipinski definition) is 2. The molecular formula is C11H20O4Si. The van der Waals surface area contributed by atoms with Gasteiger partial charge in [-0.3, -0.25) is 4.79 Å². The number of carbonyl (C=O) groups is 2. The summed E-state index contributed by atoms with van der Waals surface area (Å²) in [5, 5.41) is 16.7. The maximum absolute atomic E-state index is 11.1. The van der Waals surface area contributed by atoms with E-state index in [1.54, 1.807) is 0 Å². The lowest BCUT2D eigenvalue weighted by Crippen LogP contribution is -2.29.